The highest BCUT2D eigenvalue weighted by Gasteiger charge is 2.08. The summed E-state index contributed by atoms with van der Waals surface area (Å²) in [6, 6.07) is 9.62. The summed E-state index contributed by atoms with van der Waals surface area (Å²) in [6.45, 7) is 1.63. The Labute approximate surface area is 89.6 Å². The van der Waals surface area contributed by atoms with E-state index in [-0.39, 0.29) is 6.09 Å². The van der Waals surface area contributed by atoms with Gasteiger partial charge in [0.2, 0.25) is 0 Å². The summed E-state index contributed by atoms with van der Waals surface area (Å²) in [6.07, 6.45) is -0.303. The molecule has 0 aliphatic rings. The topological polar surface area (TPSA) is 57.2 Å². The van der Waals surface area contributed by atoms with Gasteiger partial charge in [0, 0.05) is 7.05 Å². The Morgan fingerprint density at radius 3 is 2.67 bits per heavy atom. The lowest BCUT2D eigenvalue weighted by Gasteiger charge is -2.14. The Morgan fingerprint density at radius 2 is 2.07 bits per heavy atom. The van der Waals surface area contributed by atoms with E-state index in [4.69, 9.17) is 4.74 Å². The van der Waals surface area contributed by atoms with Gasteiger partial charge >= 0.3 is 6.09 Å². The fourth-order valence-corrected chi connectivity index (χ4v) is 1.16. The lowest BCUT2D eigenvalue weighted by molar-refractivity contribution is -0.367. The summed E-state index contributed by atoms with van der Waals surface area (Å²) in [5.41, 5.74) is 4.67. The van der Waals surface area contributed by atoms with Crippen molar-refractivity contribution in [3.63, 3.8) is 0 Å². The molecule has 0 radical (unpaired) electrons. The van der Waals surface area contributed by atoms with Gasteiger partial charge in [0.25, 0.3) is 0 Å². The molecule has 1 amide bonds. The summed E-state index contributed by atoms with van der Waals surface area (Å²) in [5, 5.41) is 0. The predicted molar refractivity (Wildman–Crippen MR) is 57.0 cm³/mol. The Balaban J connectivity index is 2.34. The van der Waals surface area contributed by atoms with Gasteiger partial charge in [-0.25, -0.2) is 4.79 Å². The Morgan fingerprint density at radius 1 is 1.40 bits per heavy atom. The van der Waals surface area contributed by atoms with Gasteiger partial charge in [-0.1, -0.05) is 30.3 Å². The zero-order valence-electron chi connectivity index (χ0n) is 8.98. The van der Waals surface area contributed by atoms with Crippen molar-refractivity contribution in [1.82, 2.24) is 4.90 Å². The number of quaternary nitrogens is 1. The number of carbonyl (C=O) groups excluding carboxylic acids is 1. The van der Waals surface area contributed by atoms with E-state index in [2.05, 4.69) is 5.73 Å². The zero-order valence-corrected chi connectivity index (χ0v) is 8.98. The van der Waals surface area contributed by atoms with Crippen LogP contribution in [0.2, 0.25) is 0 Å². The molecule has 4 nitrogen and oxygen atoms in total. The fourth-order valence-electron chi connectivity index (χ4n) is 1.16. The number of rotatable bonds is 4. The predicted octanol–water partition coefficient (Wildman–Crippen LogP) is 0.497. The van der Waals surface area contributed by atoms with Crippen LogP contribution < -0.4 is 5.73 Å². The van der Waals surface area contributed by atoms with Crippen molar-refractivity contribution in [2.75, 3.05) is 20.1 Å². The van der Waals surface area contributed by atoms with Crippen LogP contribution in [0.25, 0.3) is 0 Å². The SMILES string of the molecule is CN(CC[NH3+])C(=O)OCc1ccccc1. The second kappa shape index (κ2) is 6.03. The van der Waals surface area contributed by atoms with Crippen molar-refractivity contribution < 1.29 is 15.3 Å². The average molecular weight is 209 g/mol. The largest absolute Gasteiger partial charge is 0.445 e. The van der Waals surface area contributed by atoms with Gasteiger partial charge in [-0.2, -0.15) is 0 Å². The third-order valence-corrected chi connectivity index (χ3v) is 2.01. The van der Waals surface area contributed by atoms with Gasteiger partial charge < -0.3 is 15.4 Å². The summed E-state index contributed by atoms with van der Waals surface area (Å²) < 4.78 is 5.10. The maximum Gasteiger partial charge on any atom is 0.410 e. The van der Waals surface area contributed by atoms with Gasteiger partial charge in [-0.15, -0.1) is 0 Å². The van der Waals surface area contributed by atoms with E-state index >= 15 is 0 Å². The van der Waals surface area contributed by atoms with Gasteiger partial charge in [0.15, 0.2) is 0 Å². The van der Waals surface area contributed by atoms with Gasteiger partial charge in [0.1, 0.15) is 6.61 Å². The van der Waals surface area contributed by atoms with Crippen molar-refractivity contribution in [2.45, 2.75) is 6.61 Å². The second-order valence-corrected chi connectivity index (χ2v) is 3.32. The molecule has 1 aromatic carbocycles. The number of hydrogen-bond donors (Lipinski definition) is 1. The first-order valence-electron chi connectivity index (χ1n) is 4.95. The number of amides is 1. The van der Waals surface area contributed by atoms with Crippen LogP contribution in [0.1, 0.15) is 5.56 Å². The van der Waals surface area contributed by atoms with Crippen molar-refractivity contribution >= 4 is 6.09 Å². The van der Waals surface area contributed by atoms with E-state index in [1.807, 2.05) is 30.3 Å². The Bertz CT molecular complexity index is 301. The maximum atomic E-state index is 11.4. The number of hydrogen-bond acceptors (Lipinski definition) is 2. The van der Waals surface area contributed by atoms with E-state index in [9.17, 15) is 4.79 Å². The van der Waals surface area contributed by atoms with Crippen LogP contribution >= 0.6 is 0 Å². The van der Waals surface area contributed by atoms with Crippen LogP contribution in [0, 0.1) is 0 Å². The molecule has 0 bridgehead atoms. The number of ether oxygens (including phenoxy) is 1. The molecule has 3 N–H and O–H groups in total. The van der Waals surface area contributed by atoms with E-state index in [0.717, 1.165) is 5.56 Å². The number of likely N-dealkylation sites (N-methyl/N-ethyl adjacent to an activating group) is 1. The molecule has 0 unspecified atom stereocenters. The Hall–Kier alpha value is -1.55. The molecule has 0 atom stereocenters. The number of carbonyl (C=O) groups is 1. The van der Waals surface area contributed by atoms with Gasteiger partial charge in [-0.3, -0.25) is 0 Å². The van der Waals surface area contributed by atoms with Crippen LogP contribution in [0.15, 0.2) is 30.3 Å². The lowest BCUT2D eigenvalue weighted by Crippen LogP contribution is -2.55. The monoisotopic (exact) mass is 209 g/mol. The van der Waals surface area contributed by atoms with E-state index in [1.165, 1.54) is 4.90 Å². The highest BCUT2D eigenvalue weighted by atomic mass is 16.6. The summed E-state index contributed by atoms with van der Waals surface area (Å²) in [4.78, 5) is 12.9. The molecule has 1 aromatic rings. The van der Waals surface area contributed by atoms with Crippen molar-refractivity contribution in [3.05, 3.63) is 35.9 Å². The number of nitrogens with zero attached hydrogens (tertiary/aromatic N) is 1. The van der Waals surface area contributed by atoms with E-state index in [1.54, 1.807) is 7.05 Å². The van der Waals surface area contributed by atoms with Crippen molar-refractivity contribution in [1.29, 1.82) is 0 Å². The first kappa shape index (κ1) is 11.5. The molecule has 82 valence electrons. The number of benzene rings is 1. The molecule has 1 rings (SSSR count). The van der Waals surface area contributed by atoms with E-state index in [0.29, 0.717) is 19.7 Å². The third kappa shape index (κ3) is 3.99. The van der Waals surface area contributed by atoms with Crippen LogP contribution in [0.5, 0.6) is 0 Å². The van der Waals surface area contributed by atoms with Crippen LogP contribution in [-0.4, -0.2) is 31.1 Å². The molecule has 0 fully saturated rings. The molecule has 15 heavy (non-hydrogen) atoms. The maximum absolute atomic E-state index is 11.4. The molecule has 0 spiro atoms. The first-order valence-corrected chi connectivity index (χ1v) is 4.95. The minimum atomic E-state index is -0.303. The quantitative estimate of drug-likeness (QED) is 0.785. The molecular formula is C11H17N2O2+. The molecule has 0 aliphatic heterocycles. The molecule has 0 aliphatic carbocycles. The molecule has 0 aromatic heterocycles. The van der Waals surface area contributed by atoms with E-state index < -0.39 is 0 Å². The van der Waals surface area contributed by atoms with Crippen LogP contribution in [-0.2, 0) is 11.3 Å². The molecule has 4 heteroatoms. The van der Waals surface area contributed by atoms with Gasteiger partial charge in [0.05, 0.1) is 13.1 Å². The minimum absolute atomic E-state index is 0.303. The van der Waals surface area contributed by atoms with Crippen molar-refractivity contribution in [3.8, 4) is 0 Å². The standard InChI is InChI=1S/C11H16N2O2/c1-13(8-7-12)11(14)15-9-10-5-3-2-4-6-10/h2-6H,7-9,12H2,1H3/p+1. The average Bonchev–Trinajstić information content (AvgIpc) is 2.27. The van der Waals surface area contributed by atoms with Crippen molar-refractivity contribution in [2.24, 2.45) is 0 Å². The molecule has 0 saturated heterocycles. The summed E-state index contributed by atoms with van der Waals surface area (Å²) in [7, 11) is 1.71. The normalized spacial score (nSPS) is 9.73. The smallest absolute Gasteiger partial charge is 0.410 e. The third-order valence-electron chi connectivity index (χ3n) is 2.01. The Kier molecular flexibility index (Phi) is 4.63. The fraction of sp³-hybridized carbons (Fsp3) is 0.364. The zero-order chi connectivity index (χ0) is 11.1. The summed E-state index contributed by atoms with van der Waals surface area (Å²) in [5.74, 6) is 0. The molecular weight excluding hydrogens is 192 g/mol. The highest BCUT2D eigenvalue weighted by molar-refractivity contribution is 5.67. The van der Waals surface area contributed by atoms with Crippen LogP contribution in [0.4, 0.5) is 4.79 Å². The van der Waals surface area contributed by atoms with Crippen LogP contribution in [0.3, 0.4) is 0 Å². The van der Waals surface area contributed by atoms with Gasteiger partial charge in [-0.05, 0) is 5.56 Å². The molecule has 0 saturated carbocycles. The second-order valence-electron chi connectivity index (χ2n) is 3.32. The summed E-state index contributed by atoms with van der Waals surface area (Å²) >= 11 is 0. The molecule has 0 heterocycles. The minimum Gasteiger partial charge on any atom is -0.445 e. The highest BCUT2D eigenvalue weighted by Crippen LogP contribution is 2.01. The lowest BCUT2D eigenvalue weighted by atomic mass is 10.2. The first-order chi connectivity index (χ1) is 7.24.